The lowest BCUT2D eigenvalue weighted by Gasteiger charge is -2.40. The van der Waals surface area contributed by atoms with Crippen molar-refractivity contribution in [3.63, 3.8) is 0 Å². The monoisotopic (exact) mass is 577 g/mol. The number of rotatable bonds is 3. The van der Waals surface area contributed by atoms with Gasteiger partial charge in [-0.1, -0.05) is 6.08 Å². The quantitative estimate of drug-likeness (QED) is 0.334. The number of benzene rings is 1. The summed E-state index contributed by atoms with van der Waals surface area (Å²) in [6.07, 6.45) is 3.20. The van der Waals surface area contributed by atoms with Crippen LogP contribution >= 0.6 is 22.6 Å². The van der Waals surface area contributed by atoms with E-state index in [1.165, 1.54) is 48.8 Å². The first-order valence-electron chi connectivity index (χ1n) is 10.4. The van der Waals surface area contributed by atoms with Crippen LogP contribution in [0.4, 0.5) is 0 Å². The molecule has 3 aliphatic rings. The van der Waals surface area contributed by atoms with Crippen molar-refractivity contribution in [3.05, 3.63) is 71.1 Å². The fraction of sp³-hybridized carbons (Fsp3) is 0.304. The highest BCUT2D eigenvalue weighted by Crippen LogP contribution is 2.54. The Labute approximate surface area is 206 Å². The van der Waals surface area contributed by atoms with Crippen molar-refractivity contribution in [2.24, 2.45) is 7.05 Å². The average molecular weight is 577 g/mol. The lowest BCUT2D eigenvalue weighted by Crippen LogP contribution is -2.40. The number of ether oxygens (including phenoxy) is 2. The van der Waals surface area contributed by atoms with E-state index in [1.54, 1.807) is 0 Å². The lowest BCUT2D eigenvalue weighted by molar-refractivity contribution is -0.115. The summed E-state index contributed by atoms with van der Waals surface area (Å²) < 4.78 is 15.1. The molecule has 0 bridgehead atoms. The summed E-state index contributed by atoms with van der Waals surface area (Å²) in [6.45, 7) is 0.123. The number of carbonyl (C=O) groups excluding carboxylic acids is 2. The molecule has 2 heterocycles. The summed E-state index contributed by atoms with van der Waals surface area (Å²) in [6, 6.07) is 2.15. The van der Waals surface area contributed by atoms with Crippen LogP contribution < -0.4 is 20.9 Å². The van der Waals surface area contributed by atoms with Crippen LogP contribution in [0.1, 0.15) is 23.9 Å². The first-order chi connectivity index (χ1) is 16.2. The number of hydrogen-bond acceptors (Lipinski definition) is 7. The zero-order chi connectivity index (χ0) is 24.5. The van der Waals surface area contributed by atoms with Gasteiger partial charge >= 0.3 is 11.4 Å². The Morgan fingerprint density at radius 1 is 1.06 bits per heavy atom. The minimum absolute atomic E-state index is 0.0920. The maximum Gasteiger partial charge on any atom is 0.347 e. The van der Waals surface area contributed by atoms with Gasteiger partial charge in [0.25, 0.3) is 0 Å². The van der Waals surface area contributed by atoms with Gasteiger partial charge in [0.05, 0.1) is 30.4 Å². The summed E-state index contributed by atoms with van der Waals surface area (Å²) in [5.74, 6) is -0.953. The largest absolute Gasteiger partial charge is 0.508 e. The molecule has 5 rings (SSSR count). The van der Waals surface area contributed by atoms with E-state index in [0.29, 0.717) is 16.7 Å². The summed E-state index contributed by atoms with van der Waals surface area (Å²) in [4.78, 5) is 52.1. The van der Waals surface area contributed by atoms with Crippen molar-refractivity contribution < 1.29 is 24.2 Å². The van der Waals surface area contributed by atoms with E-state index in [0.717, 1.165) is 4.57 Å². The third kappa shape index (κ3) is 2.99. The molecule has 1 N–H and O–H groups in total. The maximum atomic E-state index is 13.4. The van der Waals surface area contributed by atoms with Crippen molar-refractivity contribution in [2.75, 3.05) is 14.2 Å². The van der Waals surface area contributed by atoms with Crippen molar-refractivity contribution in [2.45, 2.75) is 24.9 Å². The Morgan fingerprint density at radius 3 is 2.32 bits per heavy atom. The van der Waals surface area contributed by atoms with Crippen molar-refractivity contribution >= 4 is 34.2 Å². The fourth-order valence-corrected chi connectivity index (χ4v) is 5.69. The second-order valence-corrected chi connectivity index (χ2v) is 9.41. The van der Waals surface area contributed by atoms with Gasteiger partial charge < -0.3 is 14.6 Å². The molecule has 176 valence electrons. The Hall–Kier alpha value is -3.35. The van der Waals surface area contributed by atoms with Crippen molar-refractivity contribution in [1.29, 1.82) is 0 Å². The van der Waals surface area contributed by atoms with E-state index in [4.69, 9.17) is 9.47 Å². The number of ketones is 2. The number of phenols is 1. The highest BCUT2D eigenvalue weighted by atomic mass is 127. The van der Waals surface area contributed by atoms with Gasteiger partial charge in [-0.3, -0.25) is 9.59 Å². The van der Waals surface area contributed by atoms with Gasteiger partial charge in [0.15, 0.2) is 11.6 Å². The number of allylic oxidation sites excluding steroid dienone is 6. The van der Waals surface area contributed by atoms with E-state index in [-0.39, 0.29) is 50.9 Å². The third-order valence-corrected chi connectivity index (χ3v) is 7.41. The molecule has 0 radical (unpaired) electrons. The summed E-state index contributed by atoms with van der Waals surface area (Å²) in [5, 5.41) is 10.2. The molecule has 34 heavy (non-hydrogen) atoms. The summed E-state index contributed by atoms with van der Waals surface area (Å²) >= 11 is 1.85. The fourth-order valence-electron chi connectivity index (χ4n) is 5.12. The number of carbonyl (C=O) groups is 2. The molecule has 0 spiro atoms. The molecule has 11 heteroatoms. The van der Waals surface area contributed by atoms with Crippen LogP contribution in [0.3, 0.4) is 0 Å². The molecule has 0 fully saturated rings. The predicted molar refractivity (Wildman–Crippen MR) is 129 cm³/mol. The maximum absolute atomic E-state index is 13.4. The second-order valence-electron chi connectivity index (χ2n) is 8.25. The van der Waals surface area contributed by atoms with E-state index >= 15 is 0 Å². The van der Waals surface area contributed by atoms with Gasteiger partial charge in [-0.2, -0.15) is 0 Å². The van der Waals surface area contributed by atoms with Crippen LogP contribution in [0.15, 0.2) is 54.2 Å². The number of aromatic hydroxyl groups is 1. The zero-order valence-electron chi connectivity index (χ0n) is 18.5. The number of nitrogens with zero attached hydrogens (tertiary/aromatic N) is 3. The topological polar surface area (TPSA) is 122 Å². The number of aromatic nitrogens is 3. The third-order valence-electron chi connectivity index (χ3n) is 6.61. The van der Waals surface area contributed by atoms with E-state index in [9.17, 15) is 24.3 Å². The average Bonchev–Trinajstić information content (AvgIpc) is 3.04. The van der Waals surface area contributed by atoms with Crippen LogP contribution in [0.5, 0.6) is 17.2 Å². The Morgan fingerprint density at radius 2 is 1.71 bits per heavy atom. The number of Topliss-reactive ketones (excluding diaryl/α,β-unsaturated/α-hetero) is 1. The Bertz CT molecular complexity index is 1480. The van der Waals surface area contributed by atoms with E-state index in [1.807, 2.05) is 28.7 Å². The van der Waals surface area contributed by atoms with Gasteiger partial charge in [-0.05, 0) is 28.2 Å². The lowest BCUT2D eigenvalue weighted by atomic mass is 9.68. The molecular weight excluding hydrogens is 557 g/mol. The summed E-state index contributed by atoms with van der Waals surface area (Å²) in [7, 11) is 4.26. The molecule has 1 aromatic heterocycles. The Kier molecular flexibility index (Phi) is 5.19. The number of halogens is 1. The molecule has 1 aliphatic heterocycles. The standard InChI is InChI=1S/C23H20IN3O7/c1-25-22(31)26-5-4-11-14(27(26)23(25)32)8-12-15(29)9-13(24)21(30)19(12)18(11)20-16(33-2)6-10(28)7-17(20)34-3/h4,6-7,9,14,18,28H,5,8H2,1-3H3/t14-,18+/m1/s1. The van der Waals surface area contributed by atoms with E-state index < -0.39 is 23.3 Å². The highest BCUT2D eigenvalue weighted by Gasteiger charge is 2.46. The molecule has 10 nitrogen and oxygen atoms in total. The van der Waals surface area contributed by atoms with Crippen LogP contribution in [0.2, 0.25) is 0 Å². The molecule has 1 aromatic carbocycles. The van der Waals surface area contributed by atoms with Crippen LogP contribution in [0, 0.1) is 0 Å². The predicted octanol–water partition coefficient (Wildman–Crippen LogP) is 1.51. The molecule has 0 saturated carbocycles. The van der Waals surface area contributed by atoms with Crippen LogP contribution in [-0.4, -0.2) is 44.8 Å². The van der Waals surface area contributed by atoms with Gasteiger partial charge in [0.2, 0.25) is 0 Å². The first-order valence-corrected chi connectivity index (χ1v) is 11.5. The molecular formula is C23H20IN3O7. The molecule has 0 amide bonds. The molecule has 2 aliphatic carbocycles. The minimum Gasteiger partial charge on any atom is -0.508 e. The molecule has 0 saturated heterocycles. The van der Waals surface area contributed by atoms with Crippen molar-refractivity contribution in [1.82, 2.24) is 13.9 Å². The van der Waals surface area contributed by atoms with Crippen LogP contribution in [0.25, 0.3) is 0 Å². The van der Waals surface area contributed by atoms with Gasteiger partial charge in [0.1, 0.15) is 17.2 Å². The minimum atomic E-state index is -0.787. The van der Waals surface area contributed by atoms with Gasteiger partial charge in [-0.25, -0.2) is 23.5 Å². The first kappa shape index (κ1) is 22.4. The van der Waals surface area contributed by atoms with Gasteiger partial charge in [-0.15, -0.1) is 0 Å². The zero-order valence-corrected chi connectivity index (χ0v) is 20.7. The van der Waals surface area contributed by atoms with E-state index in [2.05, 4.69) is 0 Å². The van der Waals surface area contributed by atoms with Crippen molar-refractivity contribution in [3.8, 4) is 17.2 Å². The number of methoxy groups -OCH3 is 2. The molecule has 2 atom stereocenters. The summed E-state index contributed by atoms with van der Waals surface area (Å²) in [5.41, 5.74) is 0.747. The second kappa shape index (κ2) is 7.86. The smallest absolute Gasteiger partial charge is 0.347 e. The number of fused-ring (bicyclic) bond motifs is 3. The number of hydrogen-bond donors (Lipinski definition) is 1. The highest BCUT2D eigenvalue weighted by molar-refractivity contribution is 14.1. The molecule has 2 aromatic rings. The molecule has 0 unspecified atom stereocenters. The Balaban J connectivity index is 1.86. The normalized spacial score (nSPS) is 21.4. The van der Waals surface area contributed by atoms with Crippen LogP contribution in [-0.2, 0) is 23.2 Å². The SMILES string of the molecule is COc1cc(O)cc(OC)c1[C@H]1C2=CCn3c(=O)n(C)c(=O)n3[C@@H]2CC2=C1C(=O)C(I)=CC2=O. The number of phenolic OH excluding ortho intramolecular Hbond substituents is 1. The van der Waals surface area contributed by atoms with Gasteiger partial charge in [0, 0.05) is 54.3 Å².